The summed E-state index contributed by atoms with van der Waals surface area (Å²) in [6.45, 7) is 8.37. The van der Waals surface area contributed by atoms with Crippen LogP contribution < -0.4 is 0 Å². The molecule has 24 heavy (non-hydrogen) atoms. The van der Waals surface area contributed by atoms with Crippen molar-refractivity contribution in [1.82, 2.24) is 0 Å². The summed E-state index contributed by atoms with van der Waals surface area (Å²) in [6, 6.07) is 14.9. The minimum absolute atomic E-state index is 0.0109. The van der Waals surface area contributed by atoms with E-state index in [0.29, 0.717) is 5.56 Å². The molecular weight excluding hydrogens is 364 g/mol. The highest BCUT2D eigenvalue weighted by Crippen LogP contribution is 2.61. The van der Waals surface area contributed by atoms with Gasteiger partial charge in [0, 0.05) is 16.3 Å². The number of Topliss-reactive ketones (excluding diaryl/α,β-unsaturated/α-hetero) is 1. The van der Waals surface area contributed by atoms with Crippen LogP contribution in [0.5, 0.6) is 5.75 Å². The molecule has 0 heterocycles. The lowest BCUT2D eigenvalue weighted by molar-refractivity contribution is 0.0477. The highest BCUT2D eigenvalue weighted by molar-refractivity contribution is 9.10. The van der Waals surface area contributed by atoms with Crippen molar-refractivity contribution < 1.29 is 9.90 Å². The first-order valence-electron chi connectivity index (χ1n) is 8.08. The Balaban J connectivity index is 2.01. The average molecular weight is 385 g/mol. The monoisotopic (exact) mass is 384 g/mol. The van der Waals surface area contributed by atoms with Crippen LogP contribution in [-0.2, 0) is 0 Å². The Morgan fingerprint density at radius 2 is 1.96 bits per heavy atom. The molecule has 1 unspecified atom stereocenters. The SMILES string of the molecule is C=C(C)[C@@]1(C)CC(C(=O)c2ccccc2O)[C@@H]1c1cccc(Br)c1. The highest BCUT2D eigenvalue weighted by Gasteiger charge is 2.54. The third-order valence-electron chi connectivity index (χ3n) is 5.42. The molecule has 3 atom stereocenters. The van der Waals surface area contributed by atoms with Gasteiger partial charge in [0.1, 0.15) is 5.75 Å². The van der Waals surface area contributed by atoms with E-state index < -0.39 is 0 Å². The summed E-state index contributed by atoms with van der Waals surface area (Å²) in [4.78, 5) is 13.0. The molecule has 3 rings (SSSR count). The number of halogens is 1. The smallest absolute Gasteiger partial charge is 0.170 e. The third-order valence-corrected chi connectivity index (χ3v) is 5.92. The van der Waals surface area contributed by atoms with Crippen molar-refractivity contribution in [2.75, 3.05) is 0 Å². The zero-order valence-electron chi connectivity index (χ0n) is 13.9. The molecule has 2 aromatic carbocycles. The molecule has 1 fully saturated rings. The molecular formula is C21H21BrO2. The fourth-order valence-electron chi connectivity index (χ4n) is 3.85. The Kier molecular flexibility index (Phi) is 4.39. The van der Waals surface area contributed by atoms with E-state index in [-0.39, 0.29) is 28.8 Å². The number of phenols is 1. The van der Waals surface area contributed by atoms with Crippen LogP contribution in [0.4, 0.5) is 0 Å². The van der Waals surface area contributed by atoms with Crippen LogP contribution in [0.25, 0.3) is 0 Å². The van der Waals surface area contributed by atoms with Crippen molar-refractivity contribution in [1.29, 1.82) is 0 Å². The minimum Gasteiger partial charge on any atom is -0.507 e. The van der Waals surface area contributed by atoms with Crippen molar-refractivity contribution >= 4 is 21.7 Å². The molecule has 0 bridgehead atoms. The maximum atomic E-state index is 13.0. The number of hydrogen-bond acceptors (Lipinski definition) is 2. The van der Waals surface area contributed by atoms with Gasteiger partial charge in [-0.3, -0.25) is 4.79 Å². The van der Waals surface area contributed by atoms with Crippen LogP contribution in [0.3, 0.4) is 0 Å². The minimum atomic E-state index is -0.144. The molecule has 0 radical (unpaired) electrons. The summed E-state index contributed by atoms with van der Waals surface area (Å²) >= 11 is 3.52. The van der Waals surface area contributed by atoms with Crippen LogP contribution in [0, 0.1) is 11.3 Å². The van der Waals surface area contributed by atoms with Gasteiger partial charge in [-0.15, -0.1) is 0 Å². The summed E-state index contributed by atoms with van der Waals surface area (Å²) in [5, 5.41) is 10.0. The number of ketones is 1. The fraction of sp³-hybridized carbons (Fsp3) is 0.286. The lowest BCUT2D eigenvalue weighted by atomic mass is 9.49. The quantitative estimate of drug-likeness (QED) is 0.540. The number of hydrogen-bond donors (Lipinski definition) is 1. The van der Waals surface area contributed by atoms with Crippen molar-refractivity contribution in [3.63, 3.8) is 0 Å². The molecule has 124 valence electrons. The second-order valence-electron chi connectivity index (χ2n) is 6.92. The zero-order valence-corrected chi connectivity index (χ0v) is 15.5. The standard InChI is InChI=1S/C21H21BrO2/c1-13(2)21(3)12-17(19(21)14-7-6-8-15(22)11-14)20(24)16-9-4-5-10-18(16)23/h4-11,17,19,23H,1,12H2,2-3H3/t17?,19-,21+/m0/s1. The molecule has 1 saturated carbocycles. The zero-order chi connectivity index (χ0) is 17.5. The van der Waals surface area contributed by atoms with Gasteiger partial charge in [-0.2, -0.15) is 0 Å². The van der Waals surface area contributed by atoms with Crippen LogP contribution in [-0.4, -0.2) is 10.9 Å². The topological polar surface area (TPSA) is 37.3 Å². The van der Waals surface area contributed by atoms with Crippen LogP contribution in [0.2, 0.25) is 0 Å². The number of rotatable bonds is 4. The first-order chi connectivity index (χ1) is 11.3. The lowest BCUT2D eigenvalue weighted by Crippen LogP contribution is -2.48. The molecule has 1 aliphatic rings. The average Bonchev–Trinajstić information content (AvgIpc) is 2.52. The Labute approximate surface area is 151 Å². The van der Waals surface area contributed by atoms with Crippen molar-refractivity contribution in [2.24, 2.45) is 11.3 Å². The van der Waals surface area contributed by atoms with E-state index in [4.69, 9.17) is 0 Å². The maximum absolute atomic E-state index is 13.0. The Hall–Kier alpha value is -1.87. The lowest BCUT2D eigenvalue weighted by Gasteiger charge is -2.54. The van der Waals surface area contributed by atoms with Gasteiger partial charge in [0.2, 0.25) is 0 Å². The van der Waals surface area contributed by atoms with Crippen LogP contribution >= 0.6 is 15.9 Å². The normalized spacial score (nSPS) is 25.8. The number of carbonyl (C=O) groups excluding carboxylic acids is 1. The second kappa shape index (κ2) is 6.21. The molecule has 0 amide bonds. The summed E-state index contributed by atoms with van der Waals surface area (Å²) < 4.78 is 1.00. The van der Waals surface area contributed by atoms with Crippen molar-refractivity contribution in [3.8, 4) is 5.75 Å². The highest BCUT2D eigenvalue weighted by atomic mass is 79.9. The molecule has 2 nitrogen and oxygen atoms in total. The van der Waals surface area contributed by atoms with E-state index in [2.05, 4.69) is 41.6 Å². The van der Waals surface area contributed by atoms with Gasteiger partial charge in [-0.1, -0.05) is 59.3 Å². The number of phenolic OH excluding ortho intramolecular Hbond substituents is 1. The van der Waals surface area contributed by atoms with Gasteiger partial charge in [-0.05, 0) is 48.6 Å². The van der Waals surface area contributed by atoms with Gasteiger partial charge < -0.3 is 5.11 Å². The van der Waals surface area contributed by atoms with E-state index in [9.17, 15) is 9.90 Å². The van der Waals surface area contributed by atoms with Crippen LogP contribution in [0.1, 0.15) is 42.1 Å². The van der Waals surface area contributed by atoms with Gasteiger partial charge in [0.25, 0.3) is 0 Å². The predicted molar refractivity (Wildman–Crippen MR) is 100 cm³/mol. The number of benzene rings is 2. The van der Waals surface area contributed by atoms with E-state index in [0.717, 1.165) is 22.0 Å². The number of para-hydroxylation sites is 1. The molecule has 0 spiro atoms. The molecule has 1 aliphatic carbocycles. The molecule has 0 saturated heterocycles. The van der Waals surface area contributed by atoms with E-state index in [1.807, 2.05) is 19.1 Å². The molecule has 0 aromatic heterocycles. The van der Waals surface area contributed by atoms with Gasteiger partial charge in [-0.25, -0.2) is 0 Å². The van der Waals surface area contributed by atoms with Gasteiger partial charge in [0.05, 0.1) is 5.56 Å². The molecule has 0 aliphatic heterocycles. The summed E-state index contributed by atoms with van der Waals surface area (Å²) in [5.74, 6) is -0.00914. The molecule has 3 heteroatoms. The van der Waals surface area contributed by atoms with E-state index >= 15 is 0 Å². The molecule has 2 aromatic rings. The fourth-order valence-corrected chi connectivity index (χ4v) is 4.27. The largest absolute Gasteiger partial charge is 0.507 e. The summed E-state index contributed by atoms with van der Waals surface area (Å²) in [7, 11) is 0. The maximum Gasteiger partial charge on any atom is 0.170 e. The molecule has 1 N–H and O–H groups in total. The first-order valence-corrected chi connectivity index (χ1v) is 8.87. The van der Waals surface area contributed by atoms with Gasteiger partial charge in [0.15, 0.2) is 5.78 Å². The Bertz CT molecular complexity index is 811. The Morgan fingerprint density at radius 3 is 2.58 bits per heavy atom. The number of aromatic hydroxyl groups is 1. The Morgan fingerprint density at radius 1 is 1.25 bits per heavy atom. The van der Waals surface area contributed by atoms with Crippen molar-refractivity contribution in [3.05, 3.63) is 76.3 Å². The summed E-state index contributed by atoms with van der Waals surface area (Å²) in [6.07, 6.45) is 0.757. The van der Waals surface area contributed by atoms with Crippen molar-refractivity contribution in [2.45, 2.75) is 26.2 Å². The first kappa shape index (κ1) is 17.0. The number of allylic oxidation sites excluding steroid dienone is 1. The number of carbonyl (C=O) groups is 1. The van der Waals surface area contributed by atoms with Gasteiger partial charge >= 0.3 is 0 Å². The van der Waals surface area contributed by atoms with Crippen LogP contribution in [0.15, 0.2) is 65.2 Å². The summed E-state index contributed by atoms with van der Waals surface area (Å²) in [5.41, 5.74) is 2.53. The predicted octanol–water partition coefficient (Wildman–Crippen LogP) is 5.72. The van der Waals surface area contributed by atoms with E-state index in [1.165, 1.54) is 0 Å². The second-order valence-corrected chi connectivity index (χ2v) is 7.84. The van der Waals surface area contributed by atoms with E-state index in [1.54, 1.807) is 24.3 Å². The third kappa shape index (κ3) is 2.71.